The number of carbonyl (C=O) groups excluding carboxylic acids is 2. The number of nitrogens with two attached hydrogens (primary N) is 1. The number of aliphatic hydroxyl groups excluding tert-OH is 3. The number of fused-ring (bicyclic) bond motifs is 1. The minimum absolute atomic E-state index is 0.0175. The Balaban J connectivity index is 1.79. The van der Waals surface area contributed by atoms with Gasteiger partial charge in [0.1, 0.15) is 30.7 Å². The highest BCUT2D eigenvalue weighted by atomic mass is 16.6. The van der Waals surface area contributed by atoms with Crippen molar-refractivity contribution in [3.8, 4) is 0 Å². The van der Waals surface area contributed by atoms with Crippen LogP contribution in [0.25, 0.3) is 11.2 Å². The summed E-state index contributed by atoms with van der Waals surface area (Å²) in [5.74, 6) is -0.893. The Morgan fingerprint density at radius 1 is 1.33 bits per heavy atom. The second-order valence-electron chi connectivity index (χ2n) is 6.76. The number of urea groups is 1. The van der Waals surface area contributed by atoms with Crippen molar-refractivity contribution in [1.82, 2.24) is 24.8 Å². The summed E-state index contributed by atoms with van der Waals surface area (Å²) in [5, 5.41) is 34.1. The van der Waals surface area contributed by atoms with Gasteiger partial charge in [0.25, 0.3) is 0 Å². The molecule has 3 rings (SSSR count). The molecule has 0 aromatic carbocycles. The highest BCUT2D eigenvalue weighted by Gasteiger charge is 2.44. The number of nitrogens with one attached hydrogen (secondary N) is 2. The number of carbonyl (C=O) groups is 2. The first-order valence-corrected chi connectivity index (χ1v) is 8.98. The van der Waals surface area contributed by atoms with Gasteiger partial charge < -0.3 is 30.5 Å². The molecule has 0 radical (unpaired) electrons. The molecule has 1 fully saturated rings. The van der Waals surface area contributed by atoms with Crippen molar-refractivity contribution >= 4 is 28.9 Å². The quantitative estimate of drug-likeness (QED) is 0.284. The SMILES string of the molecule is COC[C@H]1O[C@@H](n2cnc3c(NC(=O)NC(=O)[C@@H](N)[C@@H](C)O)ncnc32)[C@H](O)[C@@H]1O. The molecule has 2 aromatic rings. The summed E-state index contributed by atoms with van der Waals surface area (Å²) in [6, 6.07) is -2.22. The van der Waals surface area contributed by atoms with Crippen molar-refractivity contribution in [3.63, 3.8) is 0 Å². The number of hydrogen-bond acceptors (Lipinski definition) is 11. The van der Waals surface area contributed by atoms with Crippen molar-refractivity contribution < 1.29 is 34.4 Å². The standard InChI is InChI=1S/C16H23N7O7/c1-6(24)8(17)14(27)22-16(28)21-12-9-13(19-4-18-12)23(5-20-9)15-11(26)10(25)7(30-15)3-29-2/h4-8,10-11,15,24-26H,3,17H2,1-2H3,(H2,18,19,21,22,27,28)/t6-,7-,8+,10-,11-,15-/m1/s1. The second kappa shape index (κ2) is 8.95. The molecule has 1 saturated heterocycles. The second-order valence-corrected chi connectivity index (χ2v) is 6.76. The van der Waals surface area contributed by atoms with Gasteiger partial charge in [-0.15, -0.1) is 0 Å². The van der Waals surface area contributed by atoms with E-state index in [-0.39, 0.29) is 23.6 Å². The van der Waals surface area contributed by atoms with Crippen molar-refractivity contribution in [2.75, 3.05) is 19.0 Å². The fourth-order valence-corrected chi connectivity index (χ4v) is 2.94. The number of imidazole rings is 1. The Bertz CT molecular complexity index is 920. The molecule has 0 aliphatic carbocycles. The van der Waals surface area contributed by atoms with Crippen LogP contribution in [0.1, 0.15) is 13.2 Å². The number of methoxy groups -OCH3 is 1. The predicted molar refractivity (Wildman–Crippen MR) is 99.9 cm³/mol. The first-order valence-electron chi connectivity index (χ1n) is 8.98. The summed E-state index contributed by atoms with van der Waals surface area (Å²) in [6.45, 7) is 1.39. The Kier molecular flexibility index (Phi) is 6.55. The van der Waals surface area contributed by atoms with Crippen LogP contribution < -0.4 is 16.4 Å². The van der Waals surface area contributed by atoms with Gasteiger partial charge in [0, 0.05) is 7.11 Å². The first kappa shape index (κ1) is 21.9. The molecule has 1 aliphatic heterocycles. The van der Waals surface area contributed by atoms with E-state index in [2.05, 4.69) is 20.3 Å². The number of nitrogens with zero attached hydrogens (tertiary/aromatic N) is 4. The zero-order chi connectivity index (χ0) is 22.0. The van der Waals surface area contributed by atoms with Crippen LogP contribution in [0.3, 0.4) is 0 Å². The van der Waals surface area contributed by atoms with Crippen molar-refractivity contribution in [1.29, 1.82) is 0 Å². The fraction of sp³-hybridized carbons (Fsp3) is 0.562. The molecule has 1 aliphatic rings. The Hall–Kier alpha value is -2.75. The number of imide groups is 1. The third-order valence-corrected chi connectivity index (χ3v) is 4.59. The minimum Gasteiger partial charge on any atom is -0.391 e. The van der Waals surface area contributed by atoms with Crippen LogP contribution in [0, 0.1) is 0 Å². The van der Waals surface area contributed by atoms with E-state index < -0.39 is 48.6 Å². The molecule has 0 spiro atoms. The van der Waals surface area contributed by atoms with Crippen molar-refractivity contribution in [3.05, 3.63) is 12.7 Å². The van der Waals surface area contributed by atoms with E-state index in [9.17, 15) is 24.9 Å². The van der Waals surface area contributed by atoms with Gasteiger partial charge in [0.15, 0.2) is 23.2 Å². The van der Waals surface area contributed by atoms with Crippen LogP contribution in [-0.2, 0) is 14.3 Å². The average molecular weight is 425 g/mol. The zero-order valence-electron chi connectivity index (χ0n) is 16.2. The van der Waals surface area contributed by atoms with Gasteiger partial charge in [-0.25, -0.2) is 19.7 Å². The normalized spacial score (nSPS) is 25.8. The third kappa shape index (κ3) is 4.23. The maximum absolute atomic E-state index is 12.1. The molecular formula is C16H23N7O7. The molecule has 3 amide bonds. The van der Waals surface area contributed by atoms with E-state index in [1.807, 2.05) is 5.32 Å². The van der Waals surface area contributed by atoms with Crippen LogP contribution >= 0.6 is 0 Å². The van der Waals surface area contributed by atoms with Crippen molar-refractivity contribution in [2.24, 2.45) is 5.73 Å². The largest absolute Gasteiger partial charge is 0.391 e. The van der Waals surface area contributed by atoms with E-state index in [1.165, 1.54) is 24.9 Å². The molecule has 14 nitrogen and oxygen atoms in total. The third-order valence-electron chi connectivity index (χ3n) is 4.59. The molecule has 3 heterocycles. The van der Waals surface area contributed by atoms with E-state index >= 15 is 0 Å². The van der Waals surface area contributed by atoms with Gasteiger partial charge in [-0.2, -0.15) is 0 Å². The van der Waals surface area contributed by atoms with E-state index in [4.69, 9.17) is 15.2 Å². The molecular weight excluding hydrogens is 402 g/mol. The van der Waals surface area contributed by atoms with Crippen LogP contribution in [0.4, 0.5) is 10.6 Å². The fourth-order valence-electron chi connectivity index (χ4n) is 2.94. The van der Waals surface area contributed by atoms with Crippen LogP contribution in [-0.4, -0.2) is 91.0 Å². The lowest BCUT2D eigenvalue weighted by Crippen LogP contribution is -2.50. The van der Waals surface area contributed by atoms with Crippen LogP contribution in [0.2, 0.25) is 0 Å². The summed E-state index contributed by atoms with van der Waals surface area (Å²) in [7, 11) is 1.44. The molecule has 14 heteroatoms. The average Bonchev–Trinajstić information content (AvgIpc) is 3.24. The minimum atomic E-state index is -1.28. The molecule has 6 atom stereocenters. The van der Waals surface area contributed by atoms with Gasteiger partial charge in [0.2, 0.25) is 5.91 Å². The van der Waals surface area contributed by atoms with E-state index in [0.717, 1.165) is 6.33 Å². The smallest absolute Gasteiger partial charge is 0.327 e. The molecule has 0 saturated carbocycles. The predicted octanol–water partition coefficient (Wildman–Crippen LogP) is -2.55. The molecule has 0 unspecified atom stereocenters. The number of rotatable bonds is 6. The Morgan fingerprint density at radius 2 is 2.07 bits per heavy atom. The van der Waals surface area contributed by atoms with Gasteiger partial charge >= 0.3 is 6.03 Å². The van der Waals surface area contributed by atoms with Gasteiger partial charge in [-0.3, -0.25) is 20.0 Å². The molecule has 2 aromatic heterocycles. The summed E-state index contributed by atoms with van der Waals surface area (Å²) in [6.07, 6.45) is -2.88. The number of anilines is 1. The number of ether oxygens (including phenoxy) is 2. The number of aliphatic hydroxyl groups is 3. The molecule has 0 bridgehead atoms. The summed E-state index contributed by atoms with van der Waals surface area (Å²) in [4.78, 5) is 36.0. The summed E-state index contributed by atoms with van der Waals surface area (Å²) in [5.41, 5.74) is 5.84. The molecule has 30 heavy (non-hydrogen) atoms. The lowest BCUT2D eigenvalue weighted by atomic mass is 10.1. The Labute approximate surface area is 170 Å². The van der Waals surface area contributed by atoms with Crippen LogP contribution in [0.15, 0.2) is 12.7 Å². The van der Waals surface area contributed by atoms with Gasteiger partial charge in [0.05, 0.1) is 19.0 Å². The molecule has 7 N–H and O–H groups in total. The maximum Gasteiger partial charge on any atom is 0.327 e. The van der Waals surface area contributed by atoms with Gasteiger partial charge in [-0.1, -0.05) is 0 Å². The highest BCUT2D eigenvalue weighted by molar-refractivity contribution is 6.04. The summed E-state index contributed by atoms with van der Waals surface area (Å²) >= 11 is 0. The van der Waals surface area contributed by atoms with E-state index in [0.29, 0.717) is 0 Å². The number of aromatic nitrogens is 4. The zero-order valence-corrected chi connectivity index (χ0v) is 16.2. The van der Waals surface area contributed by atoms with Crippen LogP contribution in [0.5, 0.6) is 0 Å². The lowest BCUT2D eigenvalue weighted by molar-refractivity contribution is -0.123. The Morgan fingerprint density at radius 3 is 2.73 bits per heavy atom. The first-order chi connectivity index (χ1) is 14.2. The van der Waals surface area contributed by atoms with Crippen molar-refractivity contribution in [2.45, 2.75) is 43.6 Å². The molecule has 164 valence electrons. The van der Waals surface area contributed by atoms with Gasteiger partial charge in [-0.05, 0) is 6.92 Å². The number of hydrogen-bond donors (Lipinski definition) is 6. The highest BCUT2D eigenvalue weighted by Crippen LogP contribution is 2.32. The lowest BCUT2D eigenvalue weighted by Gasteiger charge is -2.16. The summed E-state index contributed by atoms with van der Waals surface area (Å²) < 4.78 is 12.0. The maximum atomic E-state index is 12.1. The van der Waals surface area contributed by atoms with E-state index in [1.54, 1.807) is 0 Å². The monoisotopic (exact) mass is 425 g/mol. The number of amides is 3. The topological polar surface area (TPSA) is 207 Å².